The predicted octanol–water partition coefficient (Wildman–Crippen LogP) is 0.676. The molecule has 0 aromatic carbocycles. The minimum absolute atomic E-state index is 0.610. The summed E-state index contributed by atoms with van der Waals surface area (Å²) in [7, 11) is 0. The zero-order valence-electron chi connectivity index (χ0n) is 6.89. The van der Waals surface area contributed by atoms with Crippen LogP contribution in [-0.2, 0) is 0 Å². The standard InChI is InChI=1S/C7H18N2S/c1-7(2)9-4-6-10-5-3-8/h7,9H,3-6,8H2,1-2H3. The molecule has 10 heavy (non-hydrogen) atoms. The van der Waals surface area contributed by atoms with Gasteiger partial charge in [0.15, 0.2) is 0 Å². The molecule has 62 valence electrons. The second kappa shape index (κ2) is 7.38. The molecule has 0 saturated heterocycles. The van der Waals surface area contributed by atoms with Crippen molar-refractivity contribution >= 4 is 11.8 Å². The Balaban J connectivity index is 2.77. The maximum Gasteiger partial charge on any atom is 0.00586 e. The van der Waals surface area contributed by atoms with E-state index in [1.54, 1.807) is 0 Å². The van der Waals surface area contributed by atoms with Gasteiger partial charge in [0.25, 0.3) is 0 Å². The van der Waals surface area contributed by atoms with Gasteiger partial charge in [-0.15, -0.1) is 0 Å². The van der Waals surface area contributed by atoms with E-state index in [0.29, 0.717) is 6.04 Å². The molecule has 0 atom stereocenters. The molecule has 2 nitrogen and oxygen atoms in total. The highest BCUT2D eigenvalue weighted by Crippen LogP contribution is 1.95. The number of hydrogen-bond donors (Lipinski definition) is 2. The minimum atomic E-state index is 0.610. The Labute approximate surface area is 67.9 Å². The van der Waals surface area contributed by atoms with E-state index in [1.807, 2.05) is 11.8 Å². The average molecular weight is 162 g/mol. The molecule has 0 rings (SSSR count). The van der Waals surface area contributed by atoms with Gasteiger partial charge in [-0.05, 0) is 0 Å². The van der Waals surface area contributed by atoms with E-state index in [2.05, 4.69) is 19.2 Å². The predicted molar refractivity (Wildman–Crippen MR) is 49.5 cm³/mol. The third-order valence-corrected chi connectivity index (χ3v) is 2.08. The monoisotopic (exact) mass is 162 g/mol. The van der Waals surface area contributed by atoms with Crippen molar-refractivity contribution in [2.24, 2.45) is 5.73 Å². The van der Waals surface area contributed by atoms with Crippen LogP contribution in [0.5, 0.6) is 0 Å². The van der Waals surface area contributed by atoms with Gasteiger partial charge in [0.1, 0.15) is 0 Å². The fourth-order valence-electron chi connectivity index (χ4n) is 0.605. The van der Waals surface area contributed by atoms with Crippen LogP contribution in [0.2, 0.25) is 0 Å². The number of nitrogens with one attached hydrogen (secondary N) is 1. The molecule has 0 aliphatic rings. The van der Waals surface area contributed by atoms with Crippen LogP contribution in [0.25, 0.3) is 0 Å². The van der Waals surface area contributed by atoms with E-state index < -0.39 is 0 Å². The first-order valence-electron chi connectivity index (χ1n) is 3.78. The molecule has 0 spiro atoms. The third-order valence-electron chi connectivity index (χ3n) is 1.06. The Hall–Kier alpha value is 0.270. The Bertz CT molecular complexity index is 66.6. The lowest BCUT2D eigenvalue weighted by molar-refractivity contribution is 0.616. The van der Waals surface area contributed by atoms with Crippen LogP contribution in [0.15, 0.2) is 0 Å². The summed E-state index contributed by atoms with van der Waals surface area (Å²) in [6, 6.07) is 0.610. The molecule has 0 fully saturated rings. The quantitative estimate of drug-likeness (QED) is 0.564. The zero-order valence-corrected chi connectivity index (χ0v) is 7.71. The molecular weight excluding hydrogens is 144 g/mol. The first-order valence-corrected chi connectivity index (χ1v) is 4.94. The summed E-state index contributed by atoms with van der Waals surface area (Å²) in [5.74, 6) is 2.26. The molecule has 0 radical (unpaired) electrons. The van der Waals surface area contributed by atoms with Crippen LogP contribution in [0.4, 0.5) is 0 Å². The molecule has 0 heterocycles. The Morgan fingerprint density at radius 1 is 1.40 bits per heavy atom. The normalized spacial score (nSPS) is 10.8. The van der Waals surface area contributed by atoms with Crippen molar-refractivity contribution in [3.05, 3.63) is 0 Å². The summed E-state index contributed by atoms with van der Waals surface area (Å²) in [6.45, 7) is 6.22. The SMILES string of the molecule is CC(C)NCCSCCN. The number of rotatable bonds is 6. The maximum absolute atomic E-state index is 5.33. The number of thioether (sulfide) groups is 1. The summed E-state index contributed by atoms with van der Waals surface area (Å²) in [5, 5.41) is 3.34. The molecule has 3 heteroatoms. The largest absolute Gasteiger partial charge is 0.330 e. The van der Waals surface area contributed by atoms with Crippen molar-refractivity contribution in [2.45, 2.75) is 19.9 Å². The van der Waals surface area contributed by atoms with E-state index in [9.17, 15) is 0 Å². The molecular formula is C7H18N2S. The van der Waals surface area contributed by atoms with E-state index >= 15 is 0 Å². The van der Waals surface area contributed by atoms with Gasteiger partial charge >= 0.3 is 0 Å². The molecule has 0 aliphatic carbocycles. The van der Waals surface area contributed by atoms with Crippen LogP contribution >= 0.6 is 11.8 Å². The smallest absolute Gasteiger partial charge is 0.00586 e. The summed E-state index contributed by atoms with van der Waals surface area (Å²) >= 11 is 1.91. The van der Waals surface area contributed by atoms with Gasteiger partial charge in [-0.1, -0.05) is 13.8 Å². The van der Waals surface area contributed by atoms with Crippen molar-refractivity contribution in [2.75, 3.05) is 24.6 Å². The van der Waals surface area contributed by atoms with Gasteiger partial charge in [0.2, 0.25) is 0 Å². The van der Waals surface area contributed by atoms with Crippen LogP contribution < -0.4 is 11.1 Å². The molecule has 0 amide bonds. The minimum Gasteiger partial charge on any atom is -0.330 e. The lowest BCUT2D eigenvalue weighted by atomic mass is 10.4. The fraction of sp³-hybridized carbons (Fsp3) is 1.00. The Morgan fingerprint density at radius 3 is 2.60 bits per heavy atom. The second-order valence-corrected chi connectivity index (χ2v) is 3.73. The van der Waals surface area contributed by atoms with Gasteiger partial charge < -0.3 is 11.1 Å². The van der Waals surface area contributed by atoms with Crippen LogP contribution in [0, 0.1) is 0 Å². The topological polar surface area (TPSA) is 38.0 Å². The van der Waals surface area contributed by atoms with Gasteiger partial charge in [0.05, 0.1) is 0 Å². The van der Waals surface area contributed by atoms with Crippen LogP contribution in [0.3, 0.4) is 0 Å². The van der Waals surface area contributed by atoms with Crippen molar-refractivity contribution in [3.8, 4) is 0 Å². The molecule has 0 aliphatic heterocycles. The van der Waals surface area contributed by atoms with Crippen molar-refractivity contribution < 1.29 is 0 Å². The molecule has 0 saturated carbocycles. The zero-order chi connectivity index (χ0) is 7.82. The summed E-state index contributed by atoms with van der Waals surface area (Å²) < 4.78 is 0. The Morgan fingerprint density at radius 2 is 2.10 bits per heavy atom. The lowest BCUT2D eigenvalue weighted by Gasteiger charge is -2.06. The van der Waals surface area contributed by atoms with Crippen LogP contribution in [0.1, 0.15) is 13.8 Å². The average Bonchev–Trinajstić information content (AvgIpc) is 1.87. The second-order valence-electron chi connectivity index (χ2n) is 2.51. The third kappa shape index (κ3) is 8.27. The molecule has 0 bridgehead atoms. The first kappa shape index (κ1) is 10.3. The van der Waals surface area contributed by atoms with Gasteiger partial charge in [-0.25, -0.2) is 0 Å². The van der Waals surface area contributed by atoms with Crippen molar-refractivity contribution in [1.82, 2.24) is 5.32 Å². The highest BCUT2D eigenvalue weighted by molar-refractivity contribution is 7.99. The molecule has 0 aromatic heterocycles. The van der Waals surface area contributed by atoms with Crippen molar-refractivity contribution in [1.29, 1.82) is 0 Å². The Kier molecular flexibility index (Phi) is 7.58. The van der Waals surface area contributed by atoms with E-state index in [-0.39, 0.29) is 0 Å². The summed E-state index contributed by atoms with van der Waals surface area (Å²) in [6.07, 6.45) is 0. The first-order chi connectivity index (χ1) is 4.77. The van der Waals surface area contributed by atoms with Gasteiger partial charge in [-0.2, -0.15) is 11.8 Å². The highest BCUT2D eigenvalue weighted by Gasteiger charge is 1.90. The van der Waals surface area contributed by atoms with E-state index in [0.717, 1.165) is 18.8 Å². The molecule has 0 unspecified atom stereocenters. The number of hydrogen-bond acceptors (Lipinski definition) is 3. The maximum atomic E-state index is 5.33. The van der Waals surface area contributed by atoms with E-state index in [4.69, 9.17) is 5.73 Å². The van der Waals surface area contributed by atoms with Crippen LogP contribution in [-0.4, -0.2) is 30.6 Å². The van der Waals surface area contributed by atoms with Gasteiger partial charge in [-0.3, -0.25) is 0 Å². The highest BCUT2D eigenvalue weighted by atomic mass is 32.2. The lowest BCUT2D eigenvalue weighted by Crippen LogP contribution is -2.25. The van der Waals surface area contributed by atoms with Crippen molar-refractivity contribution in [3.63, 3.8) is 0 Å². The summed E-state index contributed by atoms with van der Waals surface area (Å²) in [4.78, 5) is 0. The summed E-state index contributed by atoms with van der Waals surface area (Å²) in [5.41, 5.74) is 5.33. The fourth-order valence-corrected chi connectivity index (χ4v) is 1.24. The molecule has 0 aromatic rings. The number of nitrogens with two attached hydrogens (primary N) is 1. The molecule has 3 N–H and O–H groups in total. The van der Waals surface area contributed by atoms with E-state index in [1.165, 1.54) is 5.75 Å². The van der Waals surface area contributed by atoms with Gasteiger partial charge in [0, 0.05) is 30.6 Å².